The van der Waals surface area contributed by atoms with Crippen molar-refractivity contribution in [2.75, 3.05) is 11.5 Å². The lowest BCUT2D eigenvalue weighted by molar-refractivity contribution is -0.113. The minimum atomic E-state index is 0.0560. The van der Waals surface area contributed by atoms with Crippen molar-refractivity contribution in [1.82, 2.24) is 0 Å². The molecule has 12 heavy (non-hydrogen) atoms. The van der Waals surface area contributed by atoms with Crippen LogP contribution in [0.3, 0.4) is 0 Å². The van der Waals surface area contributed by atoms with Crippen LogP contribution < -0.4 is 0 Å². The number of carbonyl (C=O) groups is 1. The summed E-state index contributed by atoms with van der Waals surface area (Å²) in [5.41, 5.74) is 0. The molecule has 0 aliphatic carbocycles. The molecule has 1 unspecified atom stereocenters. The number of hydrogen-bond acceptors (Lipinski definition) is 2. The zero-order valence-electron chi connectivity index (χ0n) is 7.88. The molecule has 0 bridgehead atoms. The summed E-state index contributed by atoms with van der Waals surface area (Å²) in [5, 5.41) is 0.0560. The van der Waals surface area contributed by atoms with Crippen LogP contribution in [0.15, 0.2) is 0 Å². The second-order valence-corrected chi connectivity index (χ2v) is 4.49. The van der Waals surface area contributed by atoms with Gasteiger partial charge in [-0.3, -0.25) is 4.79 Å². The minimum absolute atomic E-state index is 0.0560. The molecule has 1 atom stereocenters. The molecular formula is C9H18OS2. The van der Waals surface area contributed by atoms with E-state index in [0.717, 1.165) is 24.3 Å². The van der Waals surface area contributed by atoms with Gasteiger partial charge in [-0.25, -0.2) is 0 Å². The Hall–Kier alpha value is 0.370. The normalized spacial score (nSPS) is 12.9. The van der Waals surface area contributed by atoms with Crippen molar-refractivity contribution in [1.29, 1.82) is 0 Å². The second kappa shape index (κ2) is 7.99. The molecule has 0 aromatic heterocycles. The van der Waals surface area contributed by atoms with Crippen LogP contribution in [-0.2, 0) is 4.79 Å². The van der Waals surface area contributed by atoms with Gasteiger partial charge in [-0.15, -0.1) is 12.6 Å². The molecule has 0 heterocycles. The number of carbonyl (C=O) groups excluding carboxylic acids is 1. The number of thiol groups is 1. The van der Waals surface area contributed by atoms with Gasteiger partial charge in [0.1, 0.15) is 0 Å². The third kappa shape index (κ3) is 5.95. The number of rotatable bonds is 7. The lowest BCUT2D eigenvalue weighted by Gasteiger charge is -2.10. The number of hydrogen-bond donors (Lipinski definition) is 1. The Balaban J connectivity index is 3.56. The van der Waals surface area contributed by atoms with Crippen LogP contribution >= 0.6 is 24.4 Å². The monoisotopic (exact) mass is 206 g/mol. The molecule has 0 rings (SSSR count). The Morgan fingerprint density at radius 3 is 2.50 bits per heavy atom. The Morgan fingerprint density at radius 2 is 2.08 bits per heavy atom. The van der Waals surface area contributed by atoms with E-state index in [1.54, 1.807) is 0 Å². The highest BCUT2D eigenvalue weighted by Gasteiger charge is 2.13. The predicted molar refractivity (Wildman–Crippen MR) is 60.0 cm³/mol. The first kappa shape index (κ1) is 12.4. The third-order valence-electron chi connectivity index (χ3n) is 1.65. The van der Waals surface area contributed by atoms with Gasteiger partial charge in [0.25, 0.3) is 0 Å². The molecule has 0 fully saturated rings. The lowest BCUT2D eigenvalue weighted by Crippen LogP contribution is -2.11. The van der Waals surface area contributed by atoms with Crippen molar-refractivity contribution in [2.45, 2.75) is 33.1 Å². The molecule has 0 saturated heterocycles. The molecule has 0 N–H and O–H groups in total. The van der Waals surface area contributed by atoms with Crippen LogP contribution in [0.4, 0.5) is 0 Å². The van der Waals surface area contributed by atoms with E-state index in [9.17, 15) is 4.79 Å². The van der Waals surface area contributed by atoms with E-state index in [1.165, 1.54) is 6.42 Å². The fourth-order valence-electron chi connectivity index (χ4n) is 0.996. The topological polar surface area (TPSA) is 17.1 Å². The first-order chi connectivity index (χ1) is 5.72. The average Bonchev–Trinajstić information content (AvgIpc) is 2.03. The molecule has 0 aliphatic rings. The van der Waals surface area contributed by atoms with Crippen LogP contribution in [-0.4, -0.2) is 16.6 Å². The number of thioether (sulfide) groups is 1. The second-order valence-electron chi connectivity index (χ2n) is 2.90. The first-order valence-electron chi connectivity index (χ1n) is 4.52. The average molecular weight is 206 g/mol. The summed E-state index contributed by atoms with van der Waals surface area (Å²) in [6, 6.07) is 0. The third-order valence-corrected chi connectivity index (χ3v) is 3.35. The molecular weight excluding hydrogens is 188 g/mol. The van der Waals surface area contributed by atoms with Gasteiger partial charge in [0, 0.05) is 11.7 Å². The molecule has 0 spiro atoms. The van der Waals surface area contributed by atoms with Crippen molar-refractivity contribution in [2.24, 2.45) is 5.92 Å². The highest BCUT2D eigenvalue weighted by Crippen LogP contribution is 2.17. The van der Waals surface area contributed by atoms with Gasteiger partial charge in [0.2, 0.25) is 0 Å². The fraction of sp³-hybridized carbons (Fsp3) is 0.889. The van der Waals surface area contributed by atoms with Gasteiger partial charge in [0.15, 0.2) is 5.12 Å². The van der Waals surface area contributed by atoms with Crippen molar-refractivity contribution < 1.29 is 4.79 Å². The molecule has 1 nitrogen and oxygen atoms in total. The van der Waals surface area contributed by atoms with Gasteiger partial charge in [-0.2, -0.15) is 11.8 Å². The maximum atomic E-state index is 11.0. The molecule has 0 aliphatic heterocycles. The lowest BCUT2D eigenvalue weighted by atomic mass is 10.1. The molecule has 0 aromatic rings. The van der Waals surface area contributed by atoms with Crippen molar-refractivity contribution in [3.8, 4) is 0 Å². The van der Waals surface area contributed by atoms with E-state index in [1.807, 2.05) is 11.8 Å². The maximum absolute atomic E-state index is 11.0. The van der Waals surface area contributed by atoms with Gasteiger partial charge < -0.3 is 0 Å². The Bertz CT molecular complexity index is 126. The summed E-state index contributed by atoms with van der Waals surface area (Å²) in [6.07, 6.45) is 3.24. The van der Waals surface area contributed by atoms with E-state index >= 15 is 0 Å². The minimum Gasteiger partial charge on any atom is -0.287 e. The highest BCUT2D eigenvalue weighted by molar-refractivity contribution is 7.99. The van der Waals surface area contributed by atoms with Crippen molar-refractivity contribution >= 4 is 29.5 Å². The van der Waals surface area contributed by atoms with Crippen LogP contribution in [0.25, 0.3) is 0 Å². The van der Waals surface area contributed by atoms with Crippen LogP contribution in [0.1, 0.15) is 33.1 Å². The summed E-state index contributed by atoms with van der Waals surface area (Å²) in [7, 11) is 0. The van der Waals surface area contributed by atoms with E-state index in [-0.39, 0.29) is 11.0 Å². The molecule has 72 valence electrons. The van der Waals surface area contributed by atoms with E-state index in [4.69, 9.17) is 0 Å². The quantitative estimate of drug-likeness (QED) is 0.509. The zero-order chi connectivity index (χ0) is 9.40. The fourth-order valence-corrected chi connectivity index (χ4v) is 2.40. The summed E-state index contributed by atoms with van der Waals surface area (Å²) >= 11 is 5.74. The Kier molecular flexibility index (Phi) is 8.24. The molecule has 0 aromatic carbocycles. The van der Waals surface area contributed by atoms with Gasteiger partial charge in [-0.05, 0) is 18.6 Å². The zero-order valence-corrected chi connectivity index (χ0v) is 9.59. The molecule has 0 radical (unpaired) electrons. The Labute approximate surface area is 85.1 Å². The standard InChI is InChI=1S/C9H18OS2/c1-3-5-8(9(10)11)7-12-6-4-2/h8H,3-7H2,1-2H3,(H,10,11). The van der Waals surface area contributed by atoms with Crippen molar-refractivity contribution in [3.63, 3.8) is 0 Å². The smallest absolute Gasteiger partial charge is 0.189 e. The Morgan fingerprint density at radius 1 is 1.42 bits per heavy atom. The van der Waals surface area contributed by atoms with Crippen LogP contribution in [0.2, 0.25) is 0 Å². The summed E-state index contributed by atoms with van der Waals surface area (Å²) in [6.45, 7) is 4.26. The predicted octanol–water partition coefficient (Wildman–Crippen LogP) is 3.00. The van der Waals surface area contributed by atoms with Gasteiger partial charge in [0.05, 0.1) is 0 Å². The SMILES string of the molecule is CCCSCC(CCC)C(=O)S. The first-order valence-corrected chi connectivity index (χ1v) is 6.13. The summed E-state index contributed by atoms with van der Waals surface area (Å²) in [4.78, 5) is 11.0. The highest BCUT2D eigenvalue weighted by atomic mass is 32.2. The van der Waals surface area contributed by atoms with Gasteiger partial charge >= 0.3 is 0 Å². The van der Waals surface area contributed by atoms with E-state index < -0.39 is 0 Å². The van der Waals surface area contributed by atoms with E-state index in [0.29, 0.717) is 0 Å². The molecule has 0 saturated carbocycles. The summed E-state index contributed by atoms with van der Waals surface area (Å²) in [5.74, 6) is 2.28. The van der Waals surface area contributed by atoms with Crippen LogP contribution in [0.5, 0.6) is 0 Å². The maximum Gasteiger partial charge on any atom is 0.189 e. The largest absolute Gasteiger partial charge is 0.287 e. The van der Waals surface area contributed by atoms with Crippen molar-refractivity contribution in [3.05, 3.63) is 0 Å². The van der Waals surface area contributed by atoms with Crippen LogP contribution in [0, 0.1) is 5.92 Å². The molecule has 0 amide bonds. The summed E-state index contributed by atoms with van der Waals surface area (Å²) < 4.78 is 0. The molecule has 3 heteroatoms. The van der Waals surface area contributed by atoms with Gasteiger partial charge in [-0.1, -0.05) is 20.3 Å². The van der Waals surface area contributed by atoms with E-state index in [2.05, 4.69) is 26.5 Å².